The second-order valence-electron chi connectivity index (χ2n) is 6.53. The molecule has 0 bridgehead atoms. The first-order chi connectivity index (χ1) is 11.5. The molecule has 0 atom stereocenters. The summed E-state index contributed by atoms with van der Waals surface area (Å²) < 4.78 is 0. The normalized spacial score (nSPS) is 9.31. The van der Waals surface area contributed by atoms with Crippen LogP contribution in [0.25, 0.3) is 0 Å². The summed E-state index contributed by atoms with van der Waals surface area (Å²) >= 11 is 0. The second kappa shape index (κ2) is 30.7. The van der Waals surface area contributed by atoms with Gasteiger partial charge in [0.05, 0.1) is 0 Å². The van der Waals surface area contributed by atoms with Gasteiger partial charge in [0, 0.05) is 12.8 Å². The average Bonchev–Trinajstić information content (AvgIpc) is 2.53. The molecule has 26 heavy (non-hydrogen) atoms. The van der Waals surface area contributed by atoms with Gasteiger partial charge in [-0.25, -0.2) is 0 Å². The number of hydrogen-bond donors (Lipinski definition) is 2. The van der Waals surface area contributed by atoms with Crippen LogP contribution in [0.4, 0.5) is 0 Å². The first-order valence-electron chi connectivity index (χ1n) is 9.98. The molecule has 0 aromatic heterocycles. The van der Waals surface area contributed by atoms with Gasteiger partial charge in [0.2, 0.25) is 0 Å². The van der Waals surface area contributed by atoms with Gasteiger partial charge in [-0.1, -0.05) is 90.9 Å². The molecule has 6 heteroatoms. The van der Waals surface area contributed by atoms with Gasteiger partial charge in [0.1, 0.15) is 0 Å². The summed E-state index contributed by atoms with van der Waals surface area (Å²) in [5, 5.41) is 16.7. The van der Waals surface area contributed by atoms with Crippen LogP contribution in [-0.2, 0) is 9.59 Å². The summed E-state index contributed by atoms with van der Waals surface area (Å²) in [7, 11) is 0. The maximum absolute atomic E-state index is 10.1. The van der Waals surface area contributed by atoms with Gasteiger partial charge in [-0.15, -0.1) is 0 Å². The first kappa shape index (κ1) is 34.4. The number of carboxylic acid groups (broad SMARTS) is 2. The zero-order valence-electron chi connectivity index (χ0n) is 20.0. The summed E-state index contributed by atoms with van der Waals surface area (Å²) in [6.07, 6.45) is 17.3. The van der Waals surface area contributed by atoms with E-state index in [4.69, 9.17) is 10.2 Å². The van der Waals surface area contributed by atoms with E-state index >= 15 is 0 Å². The van der Waals surface area contributed by atoms with Crippen LogP contribution in [0, 0.1) is 0 Å². The Bertz CT molecular complexity index is 269. The summed E-state index contributed by atoms with van der Waals surface area (Å²) in [4.78, 5) is 20.3. The van der Waals surface area contributed by atoms with E-state index in [1.54, 1.807) is 0 Å². The van der Waals surface area contributed by atoms with E-state index in [-0.39, 0.29) is 62.0 Å². The number of unbranched alkanes of at least 4 members (excludes halogenated alkanes) is 12. The largest absolute Gasteiger partial charge is 1.00 e. The van der Waals surface area contributed by atoms with Gasteiger partial charge < -0.3 is 13.1 Å². The molecular formula is C20H42Na2O4. The number of carboxylic acids is 2. The number of rotatable bonds is 16. The van der Waals surface area contributed by atoms with E-state index in [1.807, 2.05) is 0 Å². The minimum absolute atomic E-state index is 0. The topological polar surface area (TPSA) is 74.6 Å². The first-order valence-corrected chi connectivity index (χ1v) is 9.98. The van der Waals surface area contributed by atoms with Crippen LogP contribution >= 0.6 is 0 Å². The predicted molar refractivity (Wildman–Crippen MR) is 103 cm³/mol. The van der Waals surface area contributed by atoms with E-state index in [0.29, 0.717) is 12.8 Å². The Kier molecular flexibility index (Phi) is 40.6. The van der Waals surface area contributed by atoms with Crippen LogP contribution < -0.4 is 59.1 Å². The fraction of sp³-hybridized carbons (Fsp3) is 0.900. The molecule has 0 spiro atoms. The number of carbonyl (C=O) groups is 2. The molecule has 0 aliphatic carbocycles. The third kappa shape index (κ3) is 39.8. The Labute approximate surface area is 208 Å². The van der Waals surface area contributed by atoms with Crippen LogP contribution in [0.5, 0.6) is 0 Å². The van der Waals surface area contributed by atoms with Gasteiger partial charge in [-0.05, 0) is 12.8 Å². The van der Waals surface area contributed by atoms with E-state index in [2.05, 4.69) is 13.8 Å². The van der Waals surface area contributed by atoms with Crippen LogP contribution in [0.3, 0.4) is 0 Å². The van der Waals surface area contributed by atoms with Crippen molar-refractivity contribution in [3.8, 4) is 0 Å². The minimum atomic E-state index is -0.663. The Morgan fingerprint density at radius 2 is 0.769 bits per heavy atom. The van der Waals surface area contributed by atoms with Gasteiger partial charge in [0.15, 0.2) is 0 Å². The van der Waals surface area contributed by atoms with Gasteiger partial charge in [-0.2, -0.15) is 0 Å². The molecule has 2 N–H and O–H groups in total. The van der Waals surface area contributed by atoms with Crippen molar-refractivity contribution in [2.45, 2.75) is 117 Å². The summed E-state index contributed by atoms with van der Waals surface area (Å²) in [5.74, 6) is -1.33. The van der Waals surface area contributed by atoms with Crippen molar-refractivity contribution in [1.29, 1.82) is 0 Å². The third-order valence-corrected chi connectivity index (χ3v) is 3.99. The van der Waals surface area contributed by atoms with E-state index < -0.39 is 11.9 Å². The Balaban J connectivity index is -0.0000000756. The molecule has 0 aliphatic rings. The SMILES string of the molecule is CCCCCCCCCC(=O)O.CCCCCCCCCC(=O)O.[H-].[H-].[Na+].[Na+]. The van der Waals surface area contributed by atoms with E-state index in [9.17, 15) is 9.59 Å². The standard InChI is InChI=1S/2C10H20O2.2Na.2H/c2*1-2-3-4-5-6-7-8-9-10(11)12;;;;/h2*2-9H2,1H3,(H,11,12);;;;/q;;2*+1;2*-1. The number of hydrogen-bond acceptors (Lipinski definition) is 2. The molecule has 0 saturated heterocycles. The molecule has 0 heterocycles. The van der Waals surface area contributed by atoms with Crippen molar-refractivity contribution in [3.05, 3.63) is 0 Å². The molecule has 0 saturated carbocycles. The maximum Gasteiger partial charge on any atom is 1.00 e. The molecule has 148 valence electrons. The van der Waals surface area contributed by atoms with Crippen LogP contribution in [0.15, 0.2) is 0 Å². The average molecular weight is 393 g/mol. The van der Waals surface area contributed by atoms with Gasteiger partial charge in [-0.3, -0.25) is 9.59 Å². The van der Waals surface area contributed by atoms with Crippen molar-refractivity contribution in [2.24, 2.45) is 0 Å². The van der Waals surface area contributed by atoms with Crippen LogP contribution in [0.2, 0.25) is 0 Å². The molecule has 0 rings (SSSR count). The van der Waals surface area contributed by atoms with Crippen molar-refractivity contribution >= 4 is 11.9 Å². The molecule has 0 aliphatic heterocycles. The zero-order valence-corrected chi connectivity index (χ0v) is 22.0. The molecule has 0 fully saturated rings. The van der Waals surface area contributed by atoms with Gasteiger partial charge in [0.25, 0.3) is 0 Å². The maximum atomic E-state index is 10.1. The second-order valence-corrected chi connectivity index (χ2v) is 6.53. The summed E-state index contributed by atoms with van der Waals surface area (Å²) in [6, 6.07) is 0. The third-order valence-electron chi connectivity index (χ3n) is 3.99. The minimum Gasteiger partial charge on any atom is -1.00 e. The molecule has 0 aromatic carbocycles. The van der Waals surface area contributed by atoms with Crippen molar-refractivity contribution in [2.75, 3.05) is 0 Å². The quantitative estimate of drug-likeness (QED) is 0.299. The predicted octanol–water partition coefficient (Wildman–Crippen LogP) is 0.656. The molecule has 4 nitrogen and oxygen atoms in total. The fourth-order valence-electron chi connectivity index (χ4n) is 2.47. The molecule has 0 radical (unpaired) electrons. The summed E-state index contributed by atoms with van der Waals surface area (Å²) in [6.45, 7) is 4.40. The Hall–Kier alpha value is 0.940. The monoisotopic (exact) mass is 392 g/mol. The smallest absolute Gasteiger partial charge is 1.00 e. The van der Waals surface area contributed by atoms with E-state index in [1.165, 1.54) is 64.2 Å². The van der Waals surface area contributed by atoms with Crippen molar-refractivity contribution in [3.63, 3.8) is 0 Å². The Morgan fingerprint density at radius 1 is 0.538 bits per heavy atom. The van der Waals surface area contributed by atoms with Crippen LogP contribution in [-0.4, -0.2) is 22.2 Å². The molecular weight excluding hydrogens is 350 g/mol. The van der Waals surface area contributed by atoms with Crippen LogP contribution in [0.1, 0.15) is 119 Å². The van der Waals surface area contributed by atoms with Crippen molar-refractivity contribution < 1.29 is 81.8 Å². The molecule has 0 unspecified atom stereocenters. The molecule has 0 aromatic rings. The van der Waals surface area contributed by atoms with E-state index in [0.717, 1.165) is 25.7 Å². The number of aliphatic carboxylic acids is 2. The Morgan fingerprint density at radius 3 is 1.00 bits per heavy atom. The zero-order chi connectivity index (χ0) is 18.5. The fourth-order valence-corrected chi connectivity index (χ4v) is 2.47. The summed E-state index contributed by atoms with van der Waals surface area (Å²) in [5.41, 5.74) is 0. The molecule has 0 amide bonds. The van der Waals surface area contributed by atoms with Crippen molar-refractivity contribution in [1.82, 2.24) is 0 Å². The van der Waals surface area contributed by atoms with Gasteiger partial charge >= 0.3 is 71.1 Å².